The Hall–Kier alpha value is -3.06. The molecule has 4 heterocycles. The van der Waals surface area contributed by atoms with Crippen LogP contribution in [-0.4, -0.2) is 39.2 Å². The van der Waals surface area contributed by atoms with Crippen LogP contribution in [0.1, 0.15) is 11.7 Å². The van der Waals surface area contributed by atoms with Crippen molar-refractivity contribution in [1.29, 1.82) is 0 Å². The molecule has 1 aliphatic heterocycles. The molecule has 132 valence electrons. The Kier molecular flexibility index (Phi) is 4.45. The fourth-order valence-corrected chi connectivity index (χ4v) is 3.08. The molecule has 1 aliphatic rings. The molecule has 0 N–H and O–H groups in total. The van der Waals surface area contributed by atoms with Crippen LogP contribution in [0.3, 0.4) is 0 Å². The third-order valence-corrected chi connectivity index (χ3v) is 4.49. The third kappa shape index (κ3) is 3.21. The van der Waals surface area contributed by atoms with Gasteiger partial charge in [0.25, 0.3) is 5.56 Å². The zero-order valence-electron chi connectivity index (χ0n) is 14.4. The number of aromatic nitrogens is 4. The van der Waals surface area contributed by atoms with Crippen molar-refractivity contribution in [2.45, 2.75) is 6.10 Å². The van der Waals surface area contributed by atoms with Gasteiger partial charge in [-0.15, -0.1) is 0 Å². The van der Waals surface area contributed by atoms with Crippen LogP contribution in [0.15, 0.2) is 59.9 Å². The molecule has 1 fully saturated rings. The summed E-state index contributed by atoms with van der Waals surface area (Å²) in [6, 6.07) is 9.15. The summed E-state index contributed by atoms with van der Waals surface area (Å²) in [6.45, 7) is 1.86. The summed E-state index contributed by atoms with van der Waals surface area (Å²) in [5, 5.41) is 0. The molecule has 1 saturated heterocycles. The fraction of sp³-hybridized carbons (Fsp3) is 0.263. The molecule has 0 spiro atoms. The van der Waals surface area contributed by atoms with Crippen LogP contribution in [0.2, 0.25) is 0 Å². The average molecular weight is 349 g/mol. The van der Waals surface area contributed by atoms with E-state index in [0.29, 0.717) is 31.3 Å². The average Bonchev–Trinajstić information content (AvgIpc) is 2.71. The largest absolute Gasteiger partial charge is 0.370 e. The van der Waals surface area contributed by atoms with Crippen LogP contribution in [0.25, 0.3) is 11.3 Å². The number of morpholine rings is 1. The first-order valence-corrected chi connectivity index (χ1v) is 8.47. The normalized spacial score (nSPS) is 17.3. The standard InChI is InChI=1S/C19H19N5O2/c1-23-18(25)11-16(14-4-7-20-8-5-14)22-19(23)24-9-10-26-17(13-24)15-3-2-6-21-12-15/h2-8,11-12,17H,9-10,13H2,1H3. The maximum atomic E-state index is 12.5. The van der Waals surface area contributed by atoms with E-state index >= 15 is 0 Å². The van der Waals surface area contributed by atoms with E-state index in [2.05, 4.69) is 14.9 Å². The van der Waals surface area contributed by atoms with Gasteiger partial charge < -0.3 is 9.64 Å². The van der Waals surface area contributed by atoms with Crippen molar-refractivity contribution in [3.63, 3.8) is 0 Å². The Labute approximate surface area is 150 Å². The number of hydrogen-bond donors (Lipinski definition) is 0. The highest BCUT2D eigenvalue weighted by molar-refractivity contribution is 5.59. The molecule has 1 atom stereocenters. The molecular formula is C19H19N5O2. The SMILES string of the molecule is Cn1c(N2CCOC(c3cccnc3)C2)nc(-c2ccncc2)cc1=O. The van der Waals surface area contributed by atoms with Crippen LogP contribution >= 0.6 is 0 Å². The van der Waals surface area contributed by atoms with Crippen molar-refractivity contribution < 1.29 is 4.74 Å². The minimum atomic E-state index is -0.0982. The molecule has 7 nitrogen and oxygen atoms in total. The molecule has 0 aromatic carbocycles. The van der Waals surface area contributed by atoms with Gasteiger partial charge in [-0.2, -0.15) is 0 Å². The van der Waals surface area contributed by atoms with Crippen LogP contribution in [0.5, 0.6) is 0 Å². The lowest BCUT2D eigenvalue weighted by atomic mass is 10.1. The molecule has 4 rings (SSSR count). The molecule has 26 heavy (non-hydrogen) atoms. The van der Waals surface area contributed by atoms with Crippen molar-refractivity contribution >= 4 is 5.95 Å². The lowest BCUT2D eigenvalue weighted by Gasteiger charge is -2.34. The summed E-state index contributed by atoms with van der Waals surface area (Å²) in [7, 11) is 1.75. The predicted molar refractivity (Wildman–Crippen MR) is 97.9 cm³/mol. The second kappa shape index (κ2) is 7.05. The van der Waals surface area contributed by atoms with Gasteiger partial charge in [-0.3, -0.25) is 19.3 Å². The van der Waals surface area contributed by atoms with Crippen LogP contribution in [0, 0.1) is 0 Å². The number of hydrogen-bond acceptors (Lipinski definition) is 6. The van der Waals surface area contributed by atoms with Gasteiger partial charge in [-0.1, -0.05) is 6.07 Å². The van der Waals surface area contributed by atoms with E-state index in [0.717, 1.165) is 11.1 Å². The summed E-state index contributed by atoms with van der Waals surface area (Å²) < 4.78 is 7.48. The molecule has 3 aromatic heterocycles. The van der Waals surface area contributed by atoms with Crippen molar-refractivity contribution in [3.8, 4) is 11.3 Å². The fourth-order valence-electron chi connectivity index (χ4n) is 3.08. The summed E-state index contributed by atoms with van der Waals surface area (Å²) in [4.78, 5) is 27.5. The zero-order chi connectivity index (χ0) is 17.9. The quantitative estimate of drug-likeness (QED) is 0.718. The molecule has 0 saturated carbocycles. The highest BCUT2D eigenvalue weighted by Crippen LogP contribution is 2.25. The first kappa shape index (κ1) is 16.4. The van der Waals surface area contributed by atoms with E-state index in [9.17, 15) is 4.79 Å². The summed E-state index contributed by atoms with van der Waals surface area (Å²) in [5.74, 6) is 0.640. The Morgan fingerprint density at radius 3 is 2.77 bits per heavy atom. The summed E-state index contributed by atoms with van der Waals surface area (Å²) >= 11 is 0. The first-order valence-electron chi connectivity index (χ1n) is 8.47. The van der Waals surface area contributed by atoms with Crippen molar-refractivity contribution in [2.75, 3.05) is 24.6 Å². The van der Waals surface area contributed by atoms with E-state index in [1.807, 2.05) is 30.5 Å². The second-order valence-electron chi connectivity index (χ2n) is 6.17. The smallest absolute Gasteiger partial charge is 0.255 e. The van der Waals surface area contributed by atoms with Crippen LogP contribution in [0.4, 0.5) is 5.95 Å². The first-order chi connectivity index (χ1) is 12.7. The molecule has 3 aromatic rings. The number of pyridine rings is 2. The third-order valence-electron chi connectivity index (χ3n) is 4.49. The van der Waals surface area contributed by atoms with Gasteiger partial charge in [0, 0.05) is 55.6 Å². The van der Waals surface area contributed by atoms with Crippen molar-refractivity contribution in [3.05, 3.63) is 71.0 Å². The second-order valence-corrected chi connectivity index (χ2v) is 6.17. The molecule has 0 amide bonds. The number of nitrogens with zero attached hydrogens (tertiary/aromatic N) is 5. The van der Waals surface area contributed by atoms with Crippen molar-refractivity contribution in [1.82, 2.24) is 19.5 Å². The Morgan fingerprint density at radius 2 is 2.00 bits per heavy atom. The topological polar surface area (TPSA) is 73.1 Å². The number of ether oxygens (including phenoxy) is 1. The van der Waals surface area contributed by atoms with E-state index in [1.165, 1.54) is 0 Å². The molecule has 0 aliphatic carbocycles. The van der Waals surface area contributed by atoms with Gasteiger partial charge in [0.2, 0.25) is 5.95 Å². The van der Waals surface area contributed by atoms with Crippen molar-refractivity contribution in [2.24, 2.45) is 7.05 Å². The monoisotopic (exact) mass is 349 g/mol. The van der Waals surface area contributed by atoms with Gasteiger partial charge in [-0.05, 0) is 18.2 Å². The molecule has 0 radical (unpaired) electrons. The van der Waals surface area contributed by atoms with Crippen LogP contribution < -0.4 is 10.5 Å². The van der Waals surface area contributed by atoms with Gasteiger partial charge >= 0.3 is 0 Å². The Balaban J connectivity index is 1.68. The van der Waals surface area contributed by atoms with Crippen LogP contribution in [-0.2, 0) is 11.8 Å². The predicted octanol–water partition coefficient (Wildman–Crippen LogP) is 1.82. The van der Waals surface area contributed by atoms with Gasteiger partial charge in [0.05, 0.1) is 18.8 Å². The molecule has 1 unspecified atom stereocenters. The molecule has 0 bridgehead atoms. The van der Waals surface area contributed by atoms with E-state index in [-0.39, 0.29) is 11.7 Å². The number of rotatable bonds is 3. The minimum Gasteiger partial charge on any atom is -0.370 e. The highest BCUT2D eigenvalue weighted by Gasteiger charge is 2.25. The Morgan fingerprint density at radius 1 is 1.15 bits per heavy atom. The highest BCUT2D eigenvalue weighted by atomic mass is 16.5. The van der Waals surface area contributed by atoms with Gasteiger partial charge in [0.15, 0.2) is 0 Å². The van der Waals surface area contributed by atoms with E-state index in [1.54, 1.807) is 36.3 Å². The maximum absolute atomic E-state index is 12.5. The zero-order valence-corrected chi connectivity index (χ0v) is 14.4. The van der Waals surface area contributed by atoms with E-state index < -0.39 is 0 Å². The molecule has 7 heteroatoms. The number of anilines is 1. The Bertz CT molecular complexity index is 943. The van der Waals surface area contributed by atoms with E-state index in [4.69, 9.17) is 9.72 Å². The molecular weight excluding hydrogens is 330 g/mol. The summed E-state index contributed by atoms with van der Waals surface area (Å²) in [5.41, 5.74) is 2.45. The minimum absolute atomic E-state index is 0.0915. The van der Waals surface area contributed by atoms with Gasteiger partial charge in [-0.25, -0.2) is 4.98 Å². The maximum Gasteiger partial charge on any atom is 0.255 e. The summed E-state index contributed by atoms with van der Waals surface area (Å²) in [6.07, 6.45) is 6.85. The lowest BCUT2D eigenvalue weighted by Crippen LogP contribution is -2.41. The lowest BCUT2D eigenvalue weighted by molar-refractivity contribution is 0.0387. The van der Waals surface area contributed by atoms with Gasteiger partial charge in [0.1, 0.15) is 6.10 Å².